The molecule has 0 spiro atoms. The number of nitrogens with two attached hydrogens (primary N) is 1. The standard InChI is InChI=1S/C16H19BrN2OS/c1-9-4-2-3-5-12(9)19-16(20)15-14(18)11-8-10(17)6-7-13(11)21-15/h6-9,12H,2-5,18H2,1H3,(H,19,20). The third kappa shape index (κ3) is 2.94. The lowest BCUT2D eigenvalue weighted by molar-refractivity contribution is 0.0915. The molecule has 0 radical (unpaired) electrons. The summed E-state index contributed by atoms with van der Waals surface area (Å²) in [6, 6.07) is 6.23. The lowest BCUT2D eigenvalue weighted by Gasteiger charge is -2.29. The smallest absolute Gasteiger partial charge is 0.263 e. The molecule has 0 aliphatic heterocycles. The average Bonchev–Trinajstić information content (AvgIpc) is 2.79. The van der Waals surface area contributed by atoms with Crippen molar-refractivity contribution in [2.45, 2.75) is 38.6 Å². The molecule has 2 aromatic rings. The predicted molar refractivity (Wildman–Crippen MR) is 92.8 cm³/mol. The largest absolute Gasteiger partial charge is 0.397 e. The number of carbonyl (C=O) groups excluding carboxylic acids is 1. The summed E-state index contributed by atoms with van der Waals surface area (Å²) in [7, 11) is 0. The van der Waals surface area contributed by atoms with Crippen molar-refractivity contribution in [3.05, 3.63) is 27.5 Å². The van der Waals surface area contributed by atoms with Gasteiger partial charge in [0, 0.05) is 20.6 Å². The molecule has 3 N–H and O–H groups in total. The summed E-state index contributed by atoms with van der Waals surface area (Å²) in [5.41, 5.74) is 6.77. The fourth-order valence-corrected chi connectivity index (χ4v) is 4.39. The van der Waals surface area contributed by atoms with Crippen LogP contribution in [0.3, 0.4) is 0 Å². The van der Waals surface area contributed by atoms with Gasteiger partial charge >= 0.3 is 0 Å². The van der Waals surface area contributed by atoms with E-state index < -0.39 is 0 Å². The van der Waals surface area contributed by atoms with Gasteiger partial charge in [0.1, 0.15) is 4.88 Å². The number of hydrogen-bond acceptors (Lipinski definition) is 3. The van der Waals surface area contributed by atoms with Crippen molar-refractivity contribution in [3.8, 4) is 0 Å². The van der Waals surface area contributed by atoms with Crippen LogP contribution in [0.15, 0.2) is 22.7 Å². The molecule has 0 bridgehead atoms. The Hall–Kier alpha value is -1.07. The first-order valence-electron chi connectivity index (χ1n) is 7.34. The van der Waals surface area contributed by atoms with Crippen molar-refractivity contribution in [1.82, 2.24) is 5.32 Å². The van der Waals surface area contributed by atoms with E-state index in [0.717, 1.165) is 21.0 Å². The van der Waals surface area contributed by atoms with Gasteiger partial charge in [0.25, 0.3) is 5.91 Å². The first kappa shape index (κ1) is 14.9. The Morgan fingerprint density at radius 2 is 2.14 bits per heavy atom. The molecule has 5 heteroatoms. The van der Waals surface area contributed by atoms with Crippen LogP contribution < -0.4 is 11.1 Å². The number of hydrogen-bond donors (Lipinski definition) is 2. The Bertz CT molecular complexity index is 682. The summed E-state index contributed by atoms with van der Waals surface area (Å²) in [5.74, 6) is 0.524. The third-order valence-electron chi connectivity index (χ3n) is 4.32. The molecule has 2 atom stereocenters. The second kappa shape index (κ2) is 5.97. The van der Waals surface area contributed by atoms with Crippen molar-refractivity contribution in [2.24, 2.45) is 5.92 Å². The minimum Gasteiger partial charge on any atom is -0.397 e. The SMILES string of the molecule is CC1CCCCC1NC(=O)c1sc2ccc(Br)cc2c1N. The highest BCUT2D eigenvalue weighted by atomic mass is 79.9. The minimum absolute atomic E-state index is 0.0245. The Morgan fingerprint density at radius 3 is 2.90 bits per heavy atom. The van der Waals surface area contributed by atoms with E-state index in [0.29, 0.717) is 16.5 Å². The third-order valence-corrected chi connectivity index (χ3v) is 6.00. The van der Waals surface area contributed by atoms with E-state index >= 15 is 0 Å². The molecule has 3 nitrogen and oxygen atoms in total. The van der Waals surface area contributed by atoms with Gasteiger partial charge in [0.05, 0.1) is 5.69 Å². The summed E-state index contributed by atoms with van der Waals surface area (Å²) in [6.07, 6.45) is 4.74. The number of fused-ring (bicyclic) bond motifs is 1. The molecule has 1 amide bonds. The first-order chi connectivity index (χ1) is 10.1. The number of anilines is 1. The van der Waals surface area contributed by atoms with E-state index in [9.17, 15) is 4.79 Å². The zero-order valence-corrected chi connectivity index (χ0v) is 14.4. The maximum Gasteiger partial charge on any atom is 0.263 e. The number of rotatable bonds is 2. The Labute approximate surface area is 137 Å². The van der Waals surface area contributed by atoms with E-state index in [1.165, 1.54) is 30.6 Å². The van der Waals surface area contributed by atoms with Crippen LogP contribution in [0.2, 0.25) is 0 Å². The molecule has 1 aliphatic carbocycles. The van der Waals surface area contributed by atoms with E-state index in [4.69, 9.17) is 5.73 Å². The van der Waals surface area contributed by atoms with Gasteiger partial charge in [-0.1, -0.05) is 35.7 Å². The van der Waals surface area contributed by atoms with E-state index in [1.807, 2.05) is 18.2 Å². The van der Waals surface area contributed by atoms with Crippen molar-refractivity contribution < 1.29 is 4.79 Å². The minimum atomic E-state index is -0.0245. The number of thiophene rings is 1. The van der Waals surface area contributed by atoms with Crippen molar-refractivity contribution in [1.29, 1.82) is 0 Å². The lowest BCUT2D eigenvalue weighted by Crippen LogP contribution is -2.40. The molecular weight excluding hydrogens is 348 g/mol. The molecule has 0 saturated heterocycles. The summed E-state index contributed by atoms with van der Waals surface area (Å²) in [6.45, 7) is 2.22. The topological polar surface area (TPSA) is 55.1 Å². The predicted octanol–water partition coefficient (Wildman–Crippen LogP) is 4.55. The van der Waals surface area contributed by atoms with Crippen LogP contribution >= 0.6 is 27.3 Å². The molecule has 3 rings (SSSR count). The second-order valence-corrected chi connectivity index (χ2v) is 7.79. The quantitative estimate of drug-likeness (QED) is 0.818. The van der Waals surface area contributed by atoms with Gasteiger partial charge in [-0.05, 0) is 37.0 Å². The highest BCUT2D eigenvalue weighted by Gasteiger charge is 2.25. The maximum absolute atomic E-state index is 12.5. The summed E-state index contributed by atoms with van der Waals surface area (Å²) in [4.78, 5) is 13.2. The Balaban J connectivity index is 1.86. The summed E-state index contributed by atoms with van der Waals surface area (Å²) in [5, 5.41) is 4.14. The van der Waals surface area contributed by atoms with Crippen LogP contribution in [0.4, 0.5) is 5.69 Å². The summed E-state index contributed by atoms with van der Waals surface area (Å²) >= 11 is 4.92. The molecule has 1 aliphatic rings. The van der Waals surface area contributed by atoms with Gasteiger partial charge in [0.15, 0.2) is 0 Å². The fraction of sp³-hybridized carbons (Fsp3) is 0.438. The Kier molecular flexibility index (Phi) is 4.22. The first-order valence-corrected chi connectivity index (χ1v) is 8.95. The zero-order chi connectivity index (χ0) is 15.0. The number of benzene rings is 1. The normalized spacial score (nSPS) is 22.4. The number of nitrogens with one attached hydrogen (secondary N) is 1. The highest BCUT2D eigenvalue weighted by Crippen LogP contribution is 2.35. The van der Waals surface area contributed by atoms with Gasteiger partial charge in [0.2, 0.25) is 0 Å². The van der Waals surface area contributed by atoms with E-state index in [1.54, 1.807) is 0 Å². The monoisotopic (exact) mass is 366 g/mol. The highest BCUT2D eigenvalue weighted by molar-refractivity contribution is 9.10. The van der Waals surface area contributed by atoms with Gasteiger partial charge < -0.3 is 11.1 Å². The lowest BCUT2D eigenvalue weighted by atomic mass is 9.86. The number of halogens is 1. The van der Waals surface area contributed by atoms with Crippen LogP contribution in [0.5, 0.6) is 0 Å². The van der Waals surface area contributed by atoms with Gasteiger partial charge in [-0.3, -0.25) is 4.79 Å². The van der Waals surface area contributed by atoms with Crippen molar-refractivity contribution >= 4 is 48.9 Å². The average molecular weight is 367 g/mol. The molecule has 2 unspecified atom stereocenters. The van der Waals surface area contributed by atoms with Crippen LogP contribution in [0.1, 0.15) is 42.3 Å². The van der Waals surface area contributed by atoms with E-state index in [-0.39, 0.29) is 11.9 Å². The van der Waals surface area contributed by atoms with Gasteiger partial charge in [-0.25, -0.2) is 0 Å². The molecule has 1 fully saturated rings. The number of nitrogen functional groups attached to an aromatic ring is 1. The molecule has 1 aromatic carbocycles. The van der Waals surface area contributed by atoms with Crippen molar-refractivity contribution in [2.75, 3.05) is 5.73 Å². The maximum atomic E-state index is 12.5. The van der Waals surface area contributed by atoms with Crippen LogP contribution in [0.25, 0.3) is 10.1 Å². The number of carbonyl (C=O) groups is 1. The molecular formula is C16H19BrN2OS. The fourth-order valence-electron chi connectivity index (χ4n) is 3.02. The van der Waals surface area contributed by atoms with Crippen LogP contribution in [-0.2, 0) is 0 Å². The summed E-state index contributed by atoms with van der Waals surface area (Å²) < 4.78 is 2.03. The zero-order valence-electron chi connectivity index (χ0n) is 12.0. The molecule has 1 saturated carbocycles. The molecule has 1 heterocycles. The van der Waals surface area contributed by atoms with Gasteiger partial charge in [-0.15, -0.1) is 11.3 Å². The van der Waals surface area contributed by atoms with Crippen LogP contribution in [-0.4, -0.2) is 11.9 Å². The molecule has 112 valence electrons. The van der Waals surface area contributed by atoms with Crippen molar-refractivity contribution in [3.63, 3.8) is 0 Å². The molecule has 21 heavy (non-hydrogen) atoms. The second-order valence-electron chi connectivity index (χ2n) is 5.83. The number of amides is 1. The molecule has 1 aromatic heterocycles. The van der Waals surface area contributed by atoms with E-state index in [2.05, 4.69) is 28.2 Å². The van der Waals surface area contributed by atoms with Gasteiger partial charge in [-0.2, -0.15) is 0 Å². The Morgan fingerprint density at radius 1 is 1.38 bits per heavy atom. The van der Waals surface area contributed by atoms with Crippen LogP contribution in [0, 0.1) is 5.92 Å².